The van der Waals surface area contributed by atoms with Crippen molar-refractivity contribution in [2.45, 2.75) is 64.6 Å². The van der Waals surface area contributed by atoms with Gasteiger partial charge in [0.1, 0.15) is 5.54 Å². The first-order valence-corrected chi connectivity index (χ1v) is 6.84. The van der Waals surface area contributed by atoms with Crippen LogP contribution in [0.15, 0.2) is 0 Å². The third-order valence-electron chi connectivity index (χ3n) is 3.86. The van der Waals surface area contributed by atoms with E-state index in [1.807, 2.05) is 0 Å². The van der Waals surface area contributed by atoms with E-state index in [0.717, 1.165) is 13.0 Å². The van der Waals surface area contributed by atoms with Gasteiger partial charge in [0.2, 0.25) is 0 Å². The molecule has 0 heterocycles. The normalized spacial score (nSPS) is 21.3. The van der Waals surface area contributed by atoms with Gasteiger partial charge in [-0.15, -0.1) is 0 Å². The third-order valence-corrected chi connectivity index (χ3v) is 3.86. The molecule has 0 amide bonds. The fourth-order valence-corrected chi connectivity index (χ4v) is 2.40. The Bertz CT molecular complexity index is 278. The zero-order valence-electron chi connectivity index (χ0n) is 12.0. The van der Waals surface area contributed by atoms with E-state index in [-0.39, 0.29) is 5.54 Å². The first-order valence-electron chi connectivity index (χ1n) is 6.84. The number of nitriles is 1. The van der Waals surface area contributed by atoms with Crippen LogP contribution in [0.25, 0.3) is 0 Å². The van der Waals surface area contributed by atoms with Crippen molar-refractivity contribution in [2.75, 3.05) is 13.6 Å². The second-order valence-electron chi connectivity index (χ2n) is 5.83. The van der Waals surface area contributed by atoms with E-state index in [4.69, 9.17) is 0 Å². The van der Waals surface area contributed by atoms with Crippen molar-refractivity contribution in [3.63, 3.8) is 0 Å². The van der Waals surface area contributed by atoms with E-state index in [0.29, 0.717) is 18.0 Å². The number of nitrogens with one attached hydrogen (secondary N) is 1. The lowest BCUT2D eigenvalue weighted by atomic mass is 9.92. The van der Waals surface area contributed by atoms with Crippen LogP contribution in [0.1, 0.15) is 47.0 Å². The van der Waals surface area contributed by atoms with Crippen molar-refractivity contribution < 1.29 is 0 Å². The number of nitrogens with zero attached hydrogens (tertiary/aromatic N) is 2. The Morgan fingerprint density at radius 3 is 2.35 bits per heavy atom. The van der Waals surface area contributed by atoms with Gasteiger partial charge in [-0.1, -0.05) is 6.92 Å². The molecule has 1 fully saturated rings. The highest BCUT2D eigenvalue weighted by Gasteiger charge is 2.46. The molecular weight excluding hydrogens is 210 g/mol. The van der Waals surface area contributed by atoms with E-state index in [1.54, 1.807) is 0 Å². The van der Waals surface area contributed by atoms with Crippen molar-refractivity contribution in [3.8, 4) is 6.07 Å². The van der Waals surface area contributed by atoms with Gasteiger partial charge in [0, 0.05) is 18.6 Å². The maximum Gasteiger partial charge on any atom is 0.122 e. The van der Waals surface area contributed by atoms with Crippen LogP contribution in [-0.4, -0.2) is 36.1 Å². The van der Waals surface area contributed by atoms with Gasteiger partial charge in [0.05, 0.1) is 6.07 Å². The number of rotatable bonds is 7. The lowest BCUT2D eigenvalue weighted by molar-refractivity contribution is 0.176. The van der Waals surface area contributed by atoms with Gasteiger partial charge in [0.25, 0.3) is 0 Å². The van der Waals surface area contributed by atoms with Gasteiger partial charge in [-0.3, -0.25) is 5.32 Å². The smallest absolute Gasteiger partial charge is 0.122 e. The zero-order valence-corrected chi connectivity index (χ0v) is 12.0. The molecule has 0 aliphatic heterocycles. The third kappa shape index (κ3) is 3.69. The van der Waals surface area contributed by atoms with Gasteiger partial charge in [-0.25, -0.2) is 0 Å². The molecule has 98 valence electrons. The van der Waals surface area contributed by atoms with Crippen LogP contribution in [0.5, 0.6) is 0 Å². The van der Waals surface area contributed by atoms with Gasteiger partial charge < -0.3 is 4.90 Å². The molecule has 2 unspecified atom stereocenters. The van der Waals surface area contributed by atoms with Crippen LogP contribution in [0.2, 0.25) is 0 Å². The van der Waals surface area contributed by atoms with E-state index in [2.05, 4.69) is 51.0 Å². The molecule has 2 atom stereocenters. The molecule has 1 aliphatic rings. The lowest BCUT2D eigenvalue weighted by Gasteiger charge is -2.36. The van der Waals surface area contributed by atoms with Crippen molar-refractivity contribution in [2.24, 2.45) is 5.92 Å². The first kappa shape index (κ1) is 14.5. The maximum atomic E-state index is 9.60. The Balaban J connectivity index is 2.73. The second kappa shape index (κ2) is 5.84. The largest absolute Gasteiger partial charge is 0.301 e. The molecule has 0 aromatic carbocycles. The molecule has 3 nitrogen and oxygen atoms in total. The fourth-order valence-electron chi connectivity index (χ4n) is 2.40. The maximum absolute atomic E-state index is 9.60. The average Bonchev–Trinajstić information content (AvgIpc) is 3.10. The summed E-state index contributed by atoms with van der Waals surface area (Å²) in [5.74, 6) is 0.543. The van der Waals surface area contributed by atoms with Crippen LogP contribution in [0.3, 0.4) is 0 Å². The Hall–Kier alpha value is -0.590. The average molecular weight is 237 g/mol. The number of hydrogen-bond donors (Lipinski definition) is 1. The quantitative estimate of drug-likeness (QED) is 0.739. The summed E-state index contributed by atoms with van der Waals surface area (Å²) in [4.78, 5) is 2.32. The van der Waals surface area contributed by atoms with Crippen LogP contribution in [0, 0.1) is 17.2 Å². The van der Waals surface area contributed by atoms with E-state index < -0.39 is 0 Å². The van der Waals surface area contributed by atoms with Gasteiger partial charge in [-0.2, -0.15) is 5.26 Å². The lowest BCUT2D eigenvalue weighted by Crippen LogP contribution is -2.57. The summed E-state index contributed by atoms with van der Waals surface area (Å²) in [6.45, 7) is 9.50. The molecule has 1 saturated carbocycles. The highest BCUT2D eigenvalue weighted by atomic mass is 15.2. The summed E-state index contributed by atoms with van der Waals surface area (Å²) in [6.07, 6.45) is 3.52. The second-order valence-corrected chi connectivity index (χ2v) is 5.83. The Morgan fingerprint density at radius 1 is 1.41 bits per heavy atom. The van der Waals surface area contributed by atoms with Crippen molar-refractivity contribution in [1.82, 2.24) is 10.2 Å². The number of likely N-dealkylation sites (N-methyl/N-ethyl adjacent to an activating group) is 1. The monoisotopic (exact) mass is 237 g/mol. The summed E-state index contributed by atoms with van der Waals surface area (Å²) < 4.78 is 0. The van der Waals surface area contributed by atoms with Gasteiger partial charge >= 0.3 is 0 Å². The van der Waals surface area contributed by atoms with E-state index >= 15 is 0 Å². The van der Waals surface area contributed by atoms with Crippen molar-refractivity contribution in [3.05, 3.63) is 0 Å². The predicted molar refractivity (Wildman–Crippen MR) is 71.7 cm³/mol. The highest BCUT2D eigenvalue weighted by molar-refractivity contribution is 5.17. The molecule has 0 aromatic rings. The van der Waals surface area contributed by atoms with Crippen LogP contribution < -0.4 is 5.32 Å². The molecule has 17 heavy (non-hydrogen) atoms. The molecule has 0 aromatic heterocycles. The van der Waals surface area contributed by atoms with Crippen molar-refractivity contribution >= 4 is 0 Å². The molecule has 0 bridgehead atoms. The molecule has 1 aliphatic carbocycles. The highest BCUT2D eigenvalue weighted by Crippen LogP contribution is 2.40. The topological polar surface area (TPSA) is 39.1 Å². The Labute approximate surface area is 106 Å². The fraction of sp³-hybridized carbons (Fsp3) is 0.929. The van der Waals surface area contributed by atoms with Gasteiger partial charge in [-0.05, 0) is 53.0 Å². The van der Waals surface area contributed by atoms with Crippen LogP contribution in [0.4, 0.5) is 0 Å². The van der Waals surface area contributed by atoms with Crippen LogP contribution in [-0.2, 0) is 0 Å². The molecule has 1 rings (SSSR count). The van der Waals surface area contributed by atoms with Crippen LogP contribution >= 0.6 is 0 Å². The summed E-state index contributed by atoms with van der Waals surface area (Å²) in [5.41, 5.74) is -0.341. The summed E-state index contributed by atoms with van der Waals surface area (Å²) in [5, 5.41) is 13.1. The summed E-state index contributed by atoms with van der Waals surface area (Å²) in [7, 11) is 2.13. The molecule has 0 radical (unpaired) electrons. The van der Waals surface area contributed by atoms with Gasteiger partial charge in [0.15, 0.2) is 0 Å². The SMILES string of the molecule is CCC(C)N(C)CC(C#N)(NC(C)C)C1CC1. The molecular formula is C14H27N3. The standard InChI is InChI=1S/C14H27N3/c1-6-12(4)17(5)10-14(9-15,13-7-8-13)16-11(2)3/h11-13,16H,6-8,10H2,1-5H3. The Morgan fingerprint density at radius 2 is 2.00 bits per heavy atom. The Kier molecular flexibility index (Phi) is 4.97. The van der Waals surface area contributed by atoms with E-state index in [1.165, 1.54) is 12.8 Å². The van der Waals surface area contributed by atoms with E-state index in [9.17, 15) is 5.26 Å². The summed E-state index contributed by atoms with van der Waals surface area (Å²) in [6, 6.07) is 3.47. The molecule has 3 heteroatoms. The minimum Gasteiger partial charge on any atom is -0.301 e. The molecule has 0 spiro atoms. The molecule has 1 N–H and O–H groups in total. The van der Waals surface area contributed by atoms with Crippen molar-refractivity contribution in [1.29, 1.82) is 5.26 Å². The minimum atomic E-state index is -0.341. The zero-order chi connectivity index (χ0) is 13.1. The first-order chi connectivity index (χ1) is 7.95. The summed E-state index contributed by atoms with van der Waals surface area (Å²) >= 11 is 0. The number of hydrogen-bond acceptors (Lipinski definition) is 3. The predicted octanol–water partition coefficient (Wildman–Crippen LogP) is 2.39. The molecule has 0 saturated heterocycles. The minimum absolute atomic E-state index is 0.341.